The molecule has 0 aliphatic carbocycles. The average molecular weight is 543 g/mol. The highest BCUT2D eigenvalue weighted by molar-refractivity contribution is 8.00. The van der Waals surface area contributed by atoms with Crippen LogP contribution in [0.4, 0.5) is 0 Å². The molecule has 0 N–H and O–H groups in total. The van der Waals surface area contributed by atoms with Gasteiger partial charge in [0.25, 0.3) is 0 Å². The van der Waals surface area contributed by atoms with Gasteiger partial charge in [-0.15, -0.1) is 0 Å². The summed E-state index contributed by atoms with van der Waals surface area (Å²) in [5.74, 6) is 0.109. The quantitative estimate of drug-likeness (QED) is 0.161. The minimum Gasteiger partial charge on any atom is -0.293 e. The van der Waals surface area contributed by atoms with E-state index in [2.05, 4.69) is 36.0 Å². The Morgan fingerprint density at radius 3 is 1.42 bits per heavy atom. The Bertz CT molecular complexity index is 1250. The van der Waals surface area contributed by atoms with E-state index in [1.807, 2.05) is 12.1 Å². The van der Waals surface area contributed by atoms with Gasteiger partial charge in [0.05, 0.1) is 22.6 Å². The van der Waals surface area contributed by atoms with E-state index in [0.717, 1.165) is 49.9 Å². The molecule has 0 amide bonds. The van der Waals surface area contributed by atoms with Crippen molar-refractivity contribution in [2.75, 3.05) is 11.5 Å². The molecule has 1 aromatic carbocycles. The number of carbonyl (C=O) groups excluding carboxylic acids is 2. The zero-order valence-electron chi connectivity index (χ0n) is 21.7. The number of Topliss-reactive ketones (excluding diaryl/α,β-unsaturated/α-hetero) is 2. The lowest BCUT2D eigenvalue weighted by Gasteiger charge is -2.07. The molecule has 0 radical (unpaired) electrons. The Labute approximate surface area is 232 Å². The molecule has 0 unspecified atom stereocenters. The molecule has 0 saturated heterocycles. The summed E-state index contributed by atoms with van der Waals surface area (Å²) in [6.07, 6.45) is 5.85. The molecule has 0 spiro atoms. The van der Waals surface area contributed by atoms with E-state index in [0.29, 0.717) is 32.3 Å². The van der Waals surface area contributed by atoms with Crippen molar-refractivity contribution < 1.29 is 9.59 Å². The van der Waals surface area contributed by atoms with Gasteiger partial charge in [0.1, 0.15) is 22.2 Å². The van der Waals surface area contributed by atoms with Crippen LogP contribution in [0.2, 0.25) is 0 Å². The zero-order chi connectivity index (χ0) is 27.3. The maximum absolute atomic E-state index is 12.8. The molecule has 2 aromatic heterocycles. The lowest BCUT2D eigenvalue weighted by atomic mass is 10.1. The third-order valence-corrected chi connectivity index (χ3v) is 7.84. The Kier molecular flexibility index (Phi) is 11.5. The van der Waals surface area contributed by atoms with E-state index in [1.165, 1.54) is 23.5 Å². The smallest absolute Gasteiger partial charge is 0.173 e. The predicted octanol–water partition coefficient (Wildman–Crippen LogP) is 6.86. The molecule has 3 aromatic rings. The Morgan fingerprint density at radius 2 is 1.08 bits per heavy atom. The molecule has 6 nitrogen and oxygen atoms in total. The highest BCUT2D eigenvalue weighted by Crippen LogP contribution is 2.24. The van der Waals surface area contributed by atoms with Crippen molar-refractivity contribution in [3.05, 3.63) is 82.2 Å². The van der Waals surface area contributed by atoms with Gasteiger partial charge in [0.2, 0.25) is 0 Å². The van der Waals surface area contributed by atoms with Crippen LogP contribution in [0.5, 0.6) is 0 Å². The third kappa shape index (κ3) is 8.28. The number of hydrogen-bond donors (Lipinski definition) is 0. The van der Waals surface area contributed by atoms with Crippen LogP contribution >= 0.6 is 23.5 Å². The van der Waals surface area contributed by atoms with Crippen molar-refractivity contribution >= 4 is 35.1 Å². The Morgan fingerprint density at radius 1 is 0.684 bits per heavy atom. The Hall–Kier alpha value is -3.46. The molecular formula is C30H30N4O2S2. The third-order valence-electron chi connectivity index (χ3n) is 5.86. The molecule has 3 rings (SSSR count). The fourth-order valence-corrected chi connectivity index (χ4v) is 5.39. The Balaban J connectivity index is 1.60. The van der Waals surface area contributed by atoms with Crippen molar-refractivity contribution in [1.29, 1.82) is 10.5 Å². The first kappa shape index (κ1) is 29.1. The number of nitrogens with zero attached hydrogens (tertiary/aromatic N) is 4. The standard InChI is InChI=1S/C30H30N4O2S2/c1-3-5-7-25-15-13-23(17-31)29(33-25)37-19-27(35)21-9-11-22(12-10-21)28(36)20-38-30-24(18-32)14-16-26(34-30)8-6-4-2/h9-16H,3-8,19-20H2,1-2H3. The number of hydrogen-bond acceptors (Lipinski definition) is 8. The number of rotatable bonds is 14. The van der Waals surface area contributed by atoms with Crippen molar-refractivity contribution in [3.8, 4) is 12.1 Å². The minimum atomic E-state index is -0.0974. The fraction of sp³-hybridized carbons (Fsp3) is 0.333. The van der Waals surface area contributed by atoms with Gasteiger partial charge in [-0.05, 0) is 49.9 Å². The molecule has 2 heterocycles. The van der Waals surface area contributed by atoms with Gasteiger partial charge in [0, 0.05) is 22.5 Å². The molecular weight excluding hydrogens is 512 g/mol. The molecule has 8 heteroatoms. The van der Waals surface area contributed by atoms with Crippen molar-refractivity contribution in [1.82, 2.24) is 9.97 Å². The molecule has 0 saturated carbocycles. The van der Waals surface area contributed by atoms with Crippen LogP contribution in [0, 0.1) is 22.7 Å². The SMILES string of the molecule is CCCCc1ccc(C#N)c(SCC(=O)c2ccc(C(=O)CSc3nc(CCCC)ccc3C#N)cc2)n1. The van der Waals surface area contributed by atoms with Crippen LogP contribution in [-0.2, 0) is 12.8 Å². The molecule has 38 heavy (non-hydrogen) atoms. The average Bonchev–Trinajstić information content (AvgIpc) is 2.96. The maximum atomic E-state index is 12.8. The van der Waals surface area contributed by atoms with E-state index in [1.54, 1.807) is 36.4 Å². The monoisotopic (exact) mass is 542 g/mol. The summed E-state index contributed by atoms with van der Waals surface area (Å²) < 4.78 is 0. The summed E-state index contributed by atoms with van der Waals surface area (Å²) in [6, 6.07) is 18.2. The number of aryl methyl sites for hydroxylation is 2. The summed E-state index contributed by atoms with van der Waals surface area (Å²) in [4.78, 5) is 34.7. The number of benzene rings is 1. The fourth-order valence-electron chi connectivity index (χ4n) is 3.62. The van der Waals surface area contributed by atoms with Crippen molar-refractivity contribution in [3.63, 3.8) is 0 Å². The van der Waals surface area contributed by atoms with Crippen LogP contribution < -0.4 is 0 Å². The van der Waals surface area contributed by atoms with Gasteiger partial charge in [-0.1, -0.05) is 74.5 Å². The van der Waals surface area contributed by atoms with Crippen LogP contribution in [0.3, 0.4) is 0 Å². The number of unbranched alkanes of at least 4 members (excludes halogenated alkanes) is 2. The summed E-state index contributed by atoms with van der Waals surface area (Å²) in [5.41, 5.74) is 3.77. The van der Waals surface area contributed by atoms with E-state index in [9.17, 15) is 20.1 Å². The van der Waals surface area contributed by atoms with Crippen LogP contribution in [0.15, 0.2) is 58.6 Å². The van der Waals surface area contributed by atoms with Crippen molar-refractivity contribution in [2.24, 2.45) is 0 Å². The maximum Gasteiger partial charge on any atom is 0.173 e. The van der Waals surface area contributed by atoms with Crippen molar-refractivity contribution in [2.45, 2.75) is 62.4 Å². The van der Waals surface area contributed by atoms with Gasteiger partial charge in [-0.3, -0.25) is 9.59 Å². The first-order valence-corrected chi connectivity index (χ1v) is 14.7. The number of nitriles is 2. The first-order valence-electron chi connectivity index (χ1n) is 12.7. The topological polar surface area (TPSA) is 107 Å². The minimum absolute atomic E-state index is 0.0974. The number of pyridine rings is 2. The van der Waals surface area contributed by atoms with Gasteiger partial charge in [-0.2, -0.15) is 10.5 Å². The highest BCUT2D eigenvalue weighted by Gasteiger charge is 2.14. The second kappa shape index (κ2) is 15.1. The van der Waals surface area contributed by atoms with Gasteiger partial charge >= 0.3 is 0 Å². The van der Waals surface area contributed by atoms with Crippen LogP contribution in [0.1, 0.15) is 82.8 Å². The number of carbonyl (C=O) groups is 2. The summed E-state index contributed by atoms with van der Waals surface area (Å²) in [7, 11) is 0. The second-order valence-electron chi connectivity index (χ2n) is 8.74. The zero-order valence-corrected chi connectivity index (χ0v) is 23.3. The number of thioether (sulfide) groups is 2. The predicted molar refractivity (Wildman–Crippen MR) is 152 cm³/mol. The molecule has 0 fully saturated rings. The lowest BCUT2D eigenvalue weighted by molar-refractivity contribution is 0.101. The highest BCUT2D eigenvalue weighted by atomic mass is 32.2. The van der Waals surface area contributed by atoms with Crippen LogP contribution in [-0.4, -0.2) is 33.0 Å². The molecule has 0 aliphatic rings. The van der Waals surface area contributed by atoms with Gasteiger partial charge in [0.15, 0.2) is 11.6 Å². The lowest BCUT2D eigenvalue weighted by Crippen LogP contribution is -2.07. The molecule has 0 aliphatic heterocycles. The largest absolute Gasteiger partial charge is 0.293 e. The molecule has 0 bridgehead atoms. The molecule has 194 valence electrons. The van der Waals surface area contributed by atoms with Crippen LogP contribution in [0.25, 0.3) is 0 Å². The molecule has 0 atom stereocenters. The number of aromatic nitrogens is 2. The van der Waals surface area contributed by atoms with E-state index in [4.69, 9.17) is 0 Å². The van der Waals surface area contributed by atoms with E-state index in [-0.39, 0.29) is 23.1 Å². The number of ketones is 2. The van der Waals surface area contributed by atoms with E-state index < -0.39 is 0 Å². The summed E-state index contributed by atoms with van der Waals surface area (Å²) in [5, 5.41) is 19.9. The normalized spacial score (nSPS) is 10.5. The van der Waals surface area contributed by atoms with Gasteiger partial charge < -0.3 is 0 Å². The van der Waals surface area contributed by atoms with E-state index >= 15 is 0 Å². The van der Waals surface area contributed by atoms with Gasteiger partial charge in [-0.25, -0.2) is 9.97 Å². The summed E-state index contributed by atoms with van der Waals surface area (Å²) >= 11 is 2.52. The summed E-state index contributed by atoms with van der Waals surface area (Å²) in [6.45, 7) is 4.23. The second-order valence-corrected chi connectivity index (χ2v) is 10.7. The first-order chi connectivity index (χ1) is 18.5.